The summed E-state index contributed by atoms with van der Waals surface area (Å²) in [6.07, 6.45) is 0. The maximum absolute atomic E-state index is 4.79. The van der Waals surface area contributed by atoms with Gasteiger partial charge in [0.1, 0.15) is 9.68 Å². The van der Waals surface area contributed by atoms with Gasteiger partial charge >= 0.3 is 0 Å². The summed E-state index contributed by atoms with van der Waals surface area (Å²) in [7, 11) is 3.59. The van der Waals surface area contributed by atoms with Gasteiger partial charge in [-0.15, -0.1) is 0 Å². The molecule has 2 nitrogen and oxygen atoms in total. The second-order valence-electron chi connectivity index (χ2n) is 1.13. The molecule has 0 aromatic carbocycles. The first-order valence-corrected chi connectivity index (χ1v) is 4.11. The SMILES string of the molecule is CON(C)[SiH2]C. The Balaban J connectivity index is 2.75. The fraction of sp³-hybridized carbons (Fsp3) is 1.00. The van der Waals surface area contributed by atoms with Gasteiger partial charge in [0.2, 0.25) is 0 Å². The molecule has 0 atom stereocenters. The number of hydroxylamine groups is 1. The molecule has 0 aromatic rings. The minimum absolute atomic E-state index is 0.0505. The van der Waals surface area contributed by atoms with Crippen LogP contribution in [0.3, 0.4) is 0 Å². The van der Waals surface area contributed by atoms with Crippen LogP contribution in [-0.2, 0) is 4.84 Å². The zero-order chi connectivity index (χ0) is 4.99. The van der Waals surface area contributed by atoms with Crippen LogP contribution in [0.5, 0.6) is 0 Å². The van der Waals surface area contributed by atoms with Gasteiger partial charge in [-0.3, -0.25) is 0 Å². The number of hydrogen-bond donors (Lipinski definition) is 0. The Morgan fingerprint density at radius 2 is 2.17 bits per heavy atom. The Labute approximate surface area is 41.0 Å². The fourth-order valence-electron chi connectivity index (χ4n) is 0.129. The van der Waals surface area contributed by atoms with Crippen molar-refractivity contribution < 1.29 is 4.84 Å². The van der Waals surface area contributed by atoms with E-state index in [9.17, 15) is 0 Å². The molecule has 0 aliphatic carbocycles. The minimum Gasteiger partial charge on any atom is -0.310 e. The minimum atomic E-state index is -0.0505. The smallest absolute Gasteiger partial charge is 0.126 e. The van der Waals surface area contributed by atoms with E-state index in [0.717, 1.165) is 0 Å². The third-order valence-electron chi connectivity index (χ3n) is 0.757. The largest absolute Gasteiger partial charge is 0.310 e. The highest BCUT2D eigenvalue weighted by molar-refractivity contribution is 6.29. The van der Waals surface area contributed by atoms with Gasteiger partial charge in [0.05, 0.1) is 7.11 Å². The van der Waals surface area contributed by atoms with Gasteiger partial charge < -0.3 is 4.84 Å². The summed E-state index contributed by atoms with van der Waals surface area (Å²) in [6.45, 7) is 2.17. The van der Waals surface area contributed by atoms with Crippen LogP contribution >= 0.6 is 0 Å². The van der Waals surface area contributed by atoms with Crippen molar-refractivity contribution in [3.63, 3.8) is 0 Å². The van der Waals surface area contributed by atoms with E-state index in [1.807, 2.05) is 11.8 Å². The highest BCUT2D eigenvalue weighted by atomic mass is 28.2. The average Bonchev–Trinajstić information content (AvgIpc) is 1.65. The highest BCUT2D eigenvalue weighted by Crippen LogP contribution is 1.71. The molecule has 0 aromatic heterocycles. The normalized spacial score (nSPS) is 12.0. The molecule has 0 saturated heterocycles. The lowest BCUT2D eigenvalue weighted by Gasteiger charge is -2.07. The monoisotopic (exact) mass is 105 g/mol. The molecule has 0 rings (SSSR count). The molecule has 0 unspecified atom stereocenters. The van der Waals surface area contributed by atoms with E-state index >= 15 is 0 Å². The average molecular weight is 105 g/mol. The summed E-state index contributed by atoms with van der Waals surface area (Å²) < 4.78 is 1.89. The molecule has 0 heterocycles. The van der Waals surface area contributed by atoms with Gasteiger partial charge in [0.15, 0.2) is 0 Å². The van der Waals surface area contributed by atoms with Gasteiger partial charge in [0.25, 0.3) is 0 Å². The molecular formula is C3H11NOSi. The zero-order valence-electron chi connectivity index (χ0n) is 4.56. The summed E-state index contributed by atoms with van der Waals surface area (Å²) in [5.74, 6) is 0. The van der Waals surface area contributed by atoms with E-state index in [1.54, 1.807) is 7.11 Å². The third kappa shape index (κ3) is 2.38. The molecule has 0 radical (unpaired) electrons. The zero-order valence-corrected chi connectivity index (χ0v) is 5.98. The third-order valence-corrected chi connectivity index (χ3v) is 1.91. The summed E-state index contributed by atoms with van der Waals surface area (Å²) in [4.78, 5) is 4.79. The van der Waals surface area contributed by atoms with Gasteiger partial charge in [-0.25, -0.2) is 4.73 Å². The van der Waals surface area contributed by atoms with Gasteiger partial charge in [-0.05, 0) is 0 Å². The van der Waals surface area contributed by atoms with Crippen molar-refractivity contribution in [3.05, 3.63) is 0 Å². The van der Waals surface area contributed by atoms with E-state index < -0.39 is 0 Å². The lowest BCUT2D eigenvalue weighted by Crippen LogP contribution is -2.18. The predicted molar refractivity (Wildman–Crippen MR) is 29.2 cm³/mol. The van der Waals surface area contributed by atoms with Crippen molar-refractivity contribution >= 4 is 9.68 Å². The molecule has 0 amide bonds. The van der Waals surface area contributed by atoms with Crippen LogP contribution in [0, 0.1) is 0 Å². The predicted octanol–water partition coefficient (Wildman–Crippen LogP) is -0.389. The number of rotatable bonds is 2. The van der Waals surface area contributed by atoms with Crippen molar-refractivity contribution in [3.8, 4) is 0 Å². The second-order valence-corrected chi connectivity index (χ2v) is 2.65. The van der Waals surface area contributed by atoms with Gasteiger partial charge in [0, 0.05) is 7.05 Å². The maximum Gasteiger partial charge on any atom is 0.126 e. The molecule has 6 heavy (non-hydrogen) atoms. The van der Waals surface area contributed by atoms with E-state index in [4.69, 9.17) is 4.84 Å². The van der Waals surface area contributed by atoms with Crippen molar-refractivity contribution in [1.82, 2.24) is 4.73 Å². The lowest BCUT2D eigenvalue weighted by atomic mass is 11.5. The quantitative estimate of drug-likeness (QED) is 0.350. The molecule has 0 bridgehead atoms. The van der Waals surface area contributed by atoms with Crippen molar-refractivity contribution in [2.24, 2.45) is 0 Å². The first kappa shape index (κ1) is 6.14. The molecule has 3 heteroatoms. The van der Waals surface area contributed by atoms with Gasteiger partial charge in [-0.2, -0.15) is 0 Å². The van der Waals surface area contributed by atoms with Crippen LogP contribution in [0.25, 0.3) is 0 Å². The van der Waals surface area contributed by atoms with Crippen molar-refractivity contribution in [2.75, 3.05) is 14.2 Å². The Bertz CT molecular complexity index is 30.0. The van der Waals surface area contributed by atoms with Crippen LogP contribution in [0.4, 0.5) is 0 Å². The van der Waals surface area contributed by atoms with E-state index in [1.165, 1.54) is 0 Å². The summed E-state index contributed by atoms with van der Waals surface area (Å²) >= 11 is 0. The van der Waals surface area contributed by atoms with E-state index in [-0.39, 0.29) is 9.68 Å². The molecule has 0 fully saturated rings. The Hall–Kier alpha value is 0.137. The van der Waals surface area contributed by atoms with Crippen LogP contribution in [0.15, 0.2) is 0 Å². The molecular weight excluding hydrogens is 94.1 g/mol. The molecule has 0 aliphatic heterocycles. The van der Waals surface area contributed by atoms with Gasteiger partial charge in [-0.1, -0.05) is 6.55 Å². The van der Waals surface area contributed by atoms with Crippen molar-refractivity contribution in [1.29, 1.82) is 0 Å². The molecule has 0 N–H and O–H groups in total. The first-order chi connectivity index (χ1) is 2.81. The van der Waals surface area contributed by atoms with Crippen molar-refractivity contribution in [2.45, 2.75) is 6.55 Å². The number of hydrogen-bond acceptors (Lipinski definition) is 2. The number of nitrogens with zero attached hydrogens (tertiary/aromatic N) is 1. The summed E-state index contributed by atoms with van der Waals surface area (Å²) in [5.41, 5.74) is 0. The van der Waals surface area contributed by atoms with Crippen LogP contribution in [0.2, 0.25) is 6.55 Å². The second kappa shape index (κ2) is 3.33. The van der Waals surface area contributed by atoms with Crippen LogP contribution in [0.1, 0.15) is 0 Å². The fourth-order valence-corrected chi connectivity index (χ4v) is 0.387. The highest BCUT2D eigenvalue weighted by Gasteiger charge is 1.82. The maximum atomic E-state index is 4.79. The summed E-state index contributed by atoms with van der Waals surface area (Å²) in [6, 6.07) is 0. The Morgan fingerprint density at radius 3 is 2.17 bits per heavy atom. The van der Waals surface area contributed by atoms with Crippen LogP contribution < -0.4 is 0 Å². The van der Waals surface area contributed by atoms with E-state index in [2.05, 4.69) is 6.55 Å². The standard InChI is InChI=1S/C3H11NOSi/c1-4(5-2)6-3/h6H2,1-3H3. The Kier molecular flexibility index (Phi) is 3.41. The Morgan fingerprint density at radius 1 is 1.67 bits per heavy atom. The van der Waals surface area contributed by atoms with Crippen LogP contribution in [-0.4, -0.2) is 28.6 Å². The van der Waals surface area contributed by atoms with E-state index in [0.29, 0.717) is 0 Å². The molecule has 0 saturated carbocycles. The summed E-state index contributed by atoms with van der Waals surface area (Å²) in [5, 5.41) is 0. The lowest BCUT2D eigenvalue weighted by molar-refractivity contribution is -0.0288. The topological polar surface area (TPSA) is 12.5 Å². The first-order valence-electron chi connectivity index (χ1n) is 2.06. The molecule has 38 valence electrons. The molecule has 0 aliphatic rings. The molecule has 0 spiro atoms.